The highest BCUT2D eigenvalue weighted by Crippen LogP contribution is 2.26. The van der Waals surface area contributed by atoms with Crippen LogP contribution in [0.25, 0.3) is 0 Å². The summed E-state index contributed by atoms with van der Waals surface area (Å²) >= 11 is 3.36. The maximum absolute atomic E-state index is 12.0. The van der Waals surface area contributed by atoms with Gasteiger partial charge in [0.2, 0.25) is 0 Å². The van der Waals surface area contributed by atoms with Crippen LogP contribution in [0.5, 0.6) is 0 Å². The number of nitrogens with zero attached hydrogens (tertiary/aromatic N) is 2. The van der Waals surface area contributed by atoms with Gasteiger partial charge in [-0.2, -0.15) is 0 Å². The molecule has 0 spiro atoms. The Morgan fingerprint density at radius 1 is 1.45 bits per heavy atom. The molecule has 0 saturated carbocycles. The number of aromatic nitrogens is 1. The van der Waals surface area contributed by atoms with Crippen molar-refractivity contribution in [2.24, 2.45) is 0 Å². The number of halogens is 1. The molecule has 0 aliphatic carbocycles. The van der Waals surface area contributed by atoms with E-state index in [0.29, 0.717) is 17.4 Å². The molecule has 1 rings (SSSR count). The summed E-state index contributed by atoms with van der Waals surface area (Å²) in [7, 11) is 1.40. The molecular formula is C15H23BrN2O2. The summed E-state index contributed by atoms with van der Waals surface area (Å²) in [5, 5.41) is 0. The van der Waals surface area contributed by atoms with Crippen molar-refractivity contribution in [1.29, 1.82) is 0 Å². The summed E-state index contributed by atoms with van der Waals surface area (Å²) in [6, 6.07) is 2.16. The molecule has 0 aromatic carbocycles. The van der Waals surface area contributed by atoms with Gasteiger partial charge in [-0.25, -0.2) is 9.78 Å². The van der Waals surface area contributed by atoms with Crippen molar-refractivity contribution in [3.8, 4) is 0 Å². The van der Waals surface area contributed by atoms with Gasteiger partial charge in [-0.05, 0) is 41.8 Å². The number of anilines is 1. The van der Waals surface area contributed by atoms with E-state index in [1.807, 2.05) is 0 Å². The zero-order valence-electron chi connectivity index (χ0n) is 12.6. The Bertz CT molecular complexity index is 451. The summed E-state index contributed by atoms with van der Waals surface area (Å²) in [6.45, 7) is 7.24. The van der Waals surface area contributed by atoms with Gasteiger partial charge in [-0.1, -0.05) is 20.3 Å². The van der Waals surface area contributed by atoms with Crippen molar-refractivity contribution in [1.82, 2.24) is 4.98 Å². The number of rotatable bonds is 7. The predicted molar refractivity (Wildman–Crippen MR) is 85.3 cm³/mol. The minimum Gasteiger partial charge on any atom is -0.465 e. The molecule has 0 N–H and O–H groups in total. The average Bonchev–Trinajstić information content (AvgIpc) is 2.47. The zero-order chi connectivity index (χ0) is 15.1. The molecule has 20 heavy (non-hydrogen) atoms. The maximum atomic E-state index is 12.0. The van der Waals surface area contributed by atoms with Gasteiger partial charge in [-0.3, -0.25) is 0 Å². The smallest absolute Gasteiger partial charge is 0.341 e. The molecule has 0 aliphatic heterocycles. The highest BCUT2D eigenvalue weighted by atomic mass is 79.9. The Labute approximate surface area is 129 Å². The molecule has 1 atom stereocenters. The van der Waals surface area contributed by atoms with Crippen LogP contribution in [0.15, 0.2) is 16.7 Å². The third kappa shape index (κ3) is 3.95. The standard InChI is InChI=1S/C15H23BrN2O2/c1-5-8-12(6-2)18(7-3)14-13(15(19)20-4)9-11(16)10-17-14/h9-10,12H,5-8H2,1-4H3. The van der Waals surface area contributed by atoms with Crippen LogP contribution in [0.1, 0.15) is 50.4 Å². The predicted octanol–water partition coefficient (Wildman–Crippen LogP) is 4.04. The van der Waals surface area contributed by atoms with Crippen LogP contribution >= 0.6 is 15.9 Å². The number of hydrogen-bond donors (Lipinski definition) is 0. The first-order chi connectivity index (χ1) is 9.58. The third-order valence-electron chi connectivity index (χ3n) is 3.39. The number of esters is 1. The molecule has 1 unspecified atom stereocenters. The molecule has 4 nitrogen and oxygen atoms in total. The van der Waals surface area contributed by atoms with E-state index in [4.69, 9.17) is 4.74 Å². The summed E-state index contributed by atoms with van der Waals surface area (Å²) in [5.74, 6) is 0.362. The largest absolute Gasteiger partial charge is 0.465 e. The van der Waals surface area contributed by atoms with E-state index >= 15 is 0 Å². The number of hydrogen-bond acceptors (Lipinski definition) is 4. The van der Waals surface area contributed by atoms with Gasteiger partial charge < -0.3 is 9.64 Å². The van der Waals surface area contributed by atoms with Gasteiger partial charge >= 0.3 is 5.97 Å². The Morgan fingerprint density at radius 3 is 2.65 bits per heavy atom. The van der Waals surface area contributed by atoms with Gasteiger partial charge in [0.1, 0.15) is 11.4 Å². The third-order valence-corrected chi connectivity index (χ3v) is 3.82. The highest BCUT2D eigenvalue weighted by Gasteiger charge is 2.23. The summed E-state index contributed by atoms with van der Waals surface area (Å²) in [5.41, 5.74) is 0.512. The second-order valence-electron chi connectivity index (χ2n) is 4.65. The van der Waals surface area contributed by atoms with E-state index < -0.39 is 0 Å². The van der Waals surface area contributed by atoms with E-state index in [-0.39, 0.29) is 5.97 Å². The van der Waals surface area contributed by atoms with E-state index in [9.17, 15) is 4.79 Å². The fourth-order valence-corrected chi connectivity index (χ4v) is 2.75. The van der Waals surface area contributed by atoms with Crippen LogP contribution in [0.4, 0.5) is 5.82 Å². The zero-order valence-corrected chi connectivity index (χ0v) is 14.2. The first-order valence-corrected chi connectivity index (χ1v) is 7.88. The lowest BCUT2D eigenvalue weighted by Crippen LogP contribution is -2.36. The van der Waals surface area contributed by atoms with Gasteiger partial charge in [-0.15, -0.1) is 0 Å². The van der Waals surface area contributed by atoms with Crippen LogP contribution < -0.4 is 4.90 Å². The van der Waals surface area contributed by atoms with Gasteiger partial charge in [0.15, 0.2) is 0 Å². The Hall–Kier alpha value is -1.10. The van der Waals surface area contributed by atoms with Gasteiger partial charge in [0.25, 0.3) is 0 Å². The molecular weight excluding hydrogens is 320 g/mol. The quantitative estimate of drug-likeness (QED) is 0.701. The molecule has 1 heterocycles. The summed E-state index contributed by atoms with van der Waals surface area (Å²) < 4.78 is 5.65. The molecule has 0 aliphatic rings. The molecule has 5 heteroatoms. The monoisotopic (exact) mass is 342 g/mol. The molecule has 0 saturated heterocycles. The van der Waals surface area contributed by atoms with E-state index in [1.165, 1.54) is 7.11 Å². The molecule has 0 amide bonds. The minimum absolute atomic E-state index is 0.349. The lowest BCUT2D eigenvalue weighted by atomic mass is 10.1. The topological polar surface area (TPSA) is 42.4 Å². The van der Waals surface area contributed by atoms with Crippen molar-refractivity contribution in [3.63, 3.8) is 0 Å². The molecule has 0 fully saturated rings. The SMILES string of the molecule is CCCC(CC)N(CC)c1ncc(Br)cc1C(=O)OC. The van der Waals surface area contributed by atoms with E-state index in [2.05, 4.69) is 46.6 Å². The number of ether oxygens (including phenoxy) is 1. The summed E-state index contributed by atoms with van der Waals surface area (Å²) in [6.07, 6.45) is 4.95. The van der Waals surface area contributed by atoms with Crippen LogP contribution in [0, 0.1) is 0 Å². The first kappa shape index (κ1) is 17.0. The summed E-state index contributed by atoms with van der Waals surface area (Å²) in [4.78, 5) is 18.6. The van der Waals surface area contributed by atoms with Crippen LogP contribution in [-0.4, -0.2) is 30.6 Å². The van der Waals surface area contributed by atoms with Crippen molar-refractivity contribution in [2.45, 2.75) is 46.1 Å². The number of carbonyl (C=O) groups excluding carboxylic acids is 1. The van der Waals surface area contributed by atoms with Crippen LogP contribution in [0.2, 0.25) is 0 Å². The Morgan fingerprint density at radius 2 is 2.15 bits per heavy atom. The van der Waals surface area contributed by atoms with Gasteiger partial charge in [0, 0.05) is 23.3 Å². The fourth-order valence-electron chi connectivity index (χ4n) is 2.42. The average molecular weight is 343 g/mol. The second kappa shape index (κ2) is 8.25. The van der Waals surface area contributed by atoms with Crippen molar-refractivity contribution < 1.29 is 9.53 Å². The maximum Gasteiger partial charge on any atom is 0.341 e. The molecule has 1 aromatic heterocycles. The highest BCUT2D eigenvalue weighted by molar-refractivity contribution is 9.10. The molecule has 0 bridgehead atoms. The second-order valence-corrected chi connectivity index (χ2v) is 5.57. The number of methoxy groups -OCH3 is 1. The number of pyridine rings is 1. The first-order valence-electron chi connectivity index (χ1n) is 7.09. The van der Waals surface area contributed by atoms with Crippen molar-refractivity contribution in [2.75, 3.05) is 18.6 Å². The van der Waals surface area contributed by atoms with Crippen LogP contribution in [0.3, 0.4) is 0 Å². The Kier molecular flexibility index (Phi) is 6.99. The lowest BCUT2D eigenvalue weighted by molar-refractivity contribution is 0.0601. The molecule has 1 aromatic rings. The fraction of sp³-hybridized carbons (Fsp3) is 0.600. The Balaban J connectivity index is 3.23. The lowest BCUT2D eigenvalue weighted by Gasteiger charge is -2.32. The van der Waals surface area contributed by atoms with E-state index in [1.54, 1.807) is 12.3 Å². The van der Waals surface area contributed by atoms with Crippen molar-refractivity contribution in [3.05, 3.63) is 22.3 Å². The minimum atomic E-state index is -0.349. The van der Waals surface area contributed by atoms with Crippen molar-refractivity contribution >= 4 is 27.7 Å². The van der Waals surface area contributed by atoms with Crippen LogP contribution in [-0.2, 0) is 4.74 Å². The number of carbonyl (C=O) groups is 1. The molecule has 112 valence electrons. The normalized spacial score (nSPS) is 12.1. The van der Waals surface area contributed by atoms with Gasteiger partial charge in [0.05, 0.1) is 7.11 Å². The van der Waals surface area contributed by atoms with E-state index in [0.717, 1.165) is 30.3 Å². The molecule has 0 radical (unpaired) electrons.